The Morgan fingerprint density at radius 1 is 1.48 bits per heavy atom. The molecule has 1 aliphatic heterocycles. The summed E-state index contributed by atoms with van der Waals surface area (Å²) < 4.78 is 5.30. The Hall–Kier alpha value is -2.94. The van der Waals surface area contributed by atoms with E-state index in [0.717, 1.165) is 11.3 Å². The van der Waals surface area contributed by atoms with Gasteiger partial charge in [0.15, 0.2) is 5.75 Å². The third-order valence-corrected chi connectivity index (χ3v) is 4.09. The summed E-state index contributed by atoms with van der Waals surface area (Å²) in [4.78, 5) is 31.5. The van der Waals surface area contributed by atoms with E-state index < -0.39 is 4.92 Å². The van der Waals surface area contributed by atoms with Gasteiger partial charge in [-0.25, -0.2) is 4.98 Å². The predicted molar refractivity (Wildman–Crippen MR) is 91.4 cm³/mol. The first-order valence-electron chi connectivity index (χ1n) is 7.98. The molecular formula is C16H19N5O4. The van der Waals surface area contributed by atoms with E-state index in [4.69, 9.17) is 10.5 Å². The zero-order valence-corrected chi connectivity index (χ0v) is 13.8. The standard InChI is InChI=1S/C16H19N5O4/c1-2-25-14-4-3-10(7-13(14)21(23)24)8-20-6-5-12-11(9-20)15(22)19-16(17)18-12/h3-4,7H,2,5-6,8-9H2,1H3,(H3,17,18,19,22). The molecule has 2 heterocycles. The second-order valence-electron chi connectivity index (χ2n) is 5.83. The number of hydrogen-bond donors (Lipinski definition) is 2. The number of nitrogens with zero attached hydrogens (tertiary/aromatic N) is 3. The zero-order chi connectivity index (χ0) is 18.0. The zero-order valence-electron chi connectivity index (χ0n) is 13.8. The first kappa shape index (κ1) is 16.9. The molecular weight excluding hydrogens is 326 g/mol. The molecule has 9 nitrogen and oxygen atoms in total. The lowest BCUT2D eigenvalue weighted by Gasteiger charge is -2.27. The number of nitrogen functional groups attached to an aromatic ring is 1. The quantitative estimate of drug-likeness (QED) is 0.616. The Kier molecular flexibility index (Phi) is 4.66. The Bertz CT molecular complexity index is 864. The van der Waals surface area contributed by atoms with Gasteiger partial charge >= 0.3 is 5.69 Å². The van der Waals surface area contributed by atoms with Crippen molar-refractivity contribution < 1.29 is 9.66 Å². The number of anilines is 1. The lowest BCUT2D eigenvalue weighted by Crippen LogP contribution is -2.35. The van der Waals surface area contributed by atoms with Crippen molar-refractivity contribution in [3.05, 3.63) is 55.5 Å². The number of ether oxygens (including phenoxy) is 1. The van der Waals surface area contributed by atoms with Crippen LogP contribution in [0.2, 0.25) is 0 Å². The maximum absolute atomic E-state index is 12.0. The van der Waals surface area contributed by atoms with Gasteiger partial charge in [0.25, 0.3) is 5.56 Å². The van der Waals surface area contributed by atoms with Crippen LogP contribution in [0.5, 0.6) is 5.75 Å². The molecule has 3 N–H and O–H groups in total. The van der Waals surface area contributed by atoms with E-state index >= 15 is 0 Å². The van der Waals surface area contributed by atoms with Gasteiger partial charge < -0.3 is 10.5 Å². The van der Waals surface area contributed by atoms with E-state index in [9.17, 15) is 14.9 Å². The number of fused-ring (bicyclic) bond motifs is 1. The molecule has 2 aromatic rings. The van der Waals surface area contributed by atoms with Crippen LogP contribution in [-0.4, -0.2) is 32.9 Å². The molecule has 0 saturated carbocycles. The van der Waals surface area contributed by atoms with Crippen LogP contribution in [0.1, 0.15) is 23.7 Å². The van der Waals surface area contributed by atoms with Gasteiger partial charge in [-0.3, -0.25) is 24.8 Å². The first-order valence-corrected chi connectivity index (χ1v) is 7.98. The fraction of sp³-hybridized carbons (Fsp3) is 0.375. The SMILES string of the molecule is CCOc1ccc(CN2CCc3nc(N)[nH]c(=O)c3C2)cc1[N+](=O)[O-]. The fourth-order valence-corrected chi connectivity index (χ4v) is 2.97. The van der Waals surface area contributed by atoms with Gasteiger partial charge in [0.2, 0.25) is 5.95 Å². The van der Waals surface area contributed by atoms with Crippen molar-refractivity contribution in [2.75, 3.05) is 18.9 Å². The number of hydrogen-bond acceptors (Lipinski definition) is 7. The molecule has 1 aromatic heterocycles. The van der Waals surface area contributed by atoms with Gasteiger partial charge in [0, 0.05) is 32.1 Å². The summed E-state index contributed by atoms with van der Waals surface area (Å²) in [6, 6.07) is 4.94. The Labute approximate surface area is 143 Å². The average Bonchev–Trinajstić information content (AvgIpc) is 2.57. The van der Waals surface area contributed by atoms with Gasteiger partial charge in [-0.2, -0.15) is 0 Å². The number of aromatic amines is 1. The van der Waals surface area contributed by atoms with Crippen molar-refractivity contribution >= 4 is 11.6 Å². The molecule has 3 rings (SSSR count). The minimum Gasteiger partial charge on any atom is -0.487 e. The highest BCUT2D eigenvalue weighted by Gasteiger charge is 2.22. The highest BCUT2D eigenvalue weighted by atomic mass is 16.6. The number of H-pyrrole nitrogens is 1. The van der Waals surface area contributed by atoms with Crippen LogP contribution in [0.15, 0.2) is 23.0 Å². The van der Waals surface area contributed by atoms with Crippen LogP contribution in [0, 0.1) is 10.1 Å². The third-order valence-electron chi connectivity index (χ3n) is 4.09. The van der Waals surface area contributed by atoms with Crippen molar-refractivity contribution in [2.45, 2.75) is 26.4 Å². The van der Waals surface area contributed by atoms with Gasteiger partial charge in [-0.05, 0) is 18.6 Å². The molecule has 9 heteroatoms. The monoisotopic (exact) mass is 345 g/mol. The Balaban J connectivity index is 1.80. The Morgan fingerprint density at radius 2 is 2.28 bits per heavy atom. The van der Waals surface area contributed by atoms with E-state index in [1.165, 1.54) is 6.07 Å². The van der Waals surface area contributed by atoms with Gasteiger partial charge in [0.1, 0.15) is 0 Å². The first-order chi connectivity index (χ1) is 12.0. The number of nitro benzene ring substituents is 1. The number of benzene rings is 1. The maximum Gasteiger partial charge on any atom is 0.311 e. The molecule has 0 atom stereocenters. The topological polar surface area (TPSA) is 127 Å². The van der Waals surface area contributed by atoms with Crippen LogP contribution in [0.25, 0.3) is 0 Å². The second-order valence-corrected chi connectivity index (χ2v) is 5.83. The number of aromatic nitrogens is 2. The summed E-state index contributed by atoms with van der Waals surface area (Å²) in [6.45, 7) is 3.77. The lowest BCUT2D eigenvalue weighted by atomic mass is 10.1. The molecule has 1 aromatic carbocycles. The molecule has 0 aliphatic carbocycles. The van der Waals surface area contributed by atoms with Gasteiger partial charge in [-0.1, -0.05) is 6.07 Å². The lowest BCUT2D eigenvalue weighted by molar-refractivity contribution is -0.385. The van der Waals surface area contributed by atoms with E-state index in [2.05, 4.69) is 14.9 Å². The van der Waals surface area contributed by atoms with Crippen molar-refractivity contribution in [3.8, 4) is 5.75 Å². The van der Waals surface area contributed by atoms with Gasteiger partial charge in [0.05, 0.1) is 22.8 Å². The average molecular weight is 345 g/mol. The third kappa shape index (κ3) is 3.61. The van der Waals surface area contributed by atoms with Crippen LogP contribution in [0.4, 0.5) is 11.6 Å². The molecule has 25 heavy (non-hydrogen) atoms. The van der Waals surface area contributed by atoms with Crippen LogP contribution >= 0.6 is 0 Å². The molecule has 132 valence electrons. The summed E-state index contributed by atoms with van der Waals surface area (Å²) in [7, 11) is 0. The molecule has 1 aliphatic rings. The van der Waals surface area contributed by atoms with E-state index in [0.29, 0.717) is 38.2 Å². The largest absolute Gasteiger partial charge is 0.487 e. The van der Waals surface area contributed by atoms with Crippen LogP contribution in [0.3, 0.4) is 0 Å². The normalized spacial score (nSPS) is 14.1. The van der Waals surface area contributed by atoms with Crippen molar-refractivity contribution in [1.29, 1.82) is 0 Å². The molecule has 0 amide bonds. The molecule has 0 radical (unpaired) electrons. The Morgan fingerprint density at radius 3 is 3.00 bits per heavy atom. The van der Waals surface area contributed by atoms with E-state index in [1.807, 2.05) is 0 Å². The molecule has 0 spiro atoms. The minimum absolute atomic E-state index is 0.0518. The van der Waals surface area contributed by atoms with Crippen molar-refractivity contribution in [1.82, 2.24) is 14.9 Å². The molecule has 0 unspecified atom stereocenters. The summed E-state index contributed by atoms with van der Waals surface area (Å²) in [5, 5.41) is 11.2. The summed E-state index contributed by atoms with van der Waals surface area (Å²) in [5.41, 5.74) is 7.39. The molecule has 0 fully saturated rings. The predicted octanol–water partition coefficient (Wildman–Crippen LogP) is 1.22. The summed E-state index contributed by atoms with van der Waals surface area (Å²) >= 11 is 0. The molecule has 0 bridgehead atoms. The highest BCUT2D eigenvalue weighted by Crippen LogP contribution is 2.29. The smallest absolute Gasteiger partial charge is 0.311 e. The van der Waals surface area contributed by atoms with Crippen molar-refractivity contribution in [2.24, 2.45) is 0 Å². The van der Waals surface area contributed by atoms with E-state index in [-0.39, 0.29) is 22.9 Å². The molecule has 0 saturated heterocycles. The summed E-state index contributed by atoms with van der Waals surface area (Å²) in [6.07, 6.45) is 0.614. The number of nitro groups is 1. The number of nitrogens with one attached hydrogen (secondary N) is 1. The second kappa shape index (κ2) is 6.89. The van der Waals surface area contributed by atoms with Crippen LogP contribution in [-0.2, 0) is 19.5 Å². The fourth-order valence-electron chi connectivity index (χ4n) is 2.97. The minimum atomic E-state index is -0.447. The van der Waals surface area contributed by atoms with Crippen molar-refractivity contribution in [3.63, 3.8) is 0 Å². The van der Waals surface area contributed by atoms with Gasteiger partial charge in [-0.15, -0.1) is 0 Å². The number of rotatable bonds is 5. The maximum atomic E-state index is 12.0. The highest BCUT2D eigenvalue weighted by molar-refractivity contribution is 5.48. The van der Waals surface area contributed by atoms with Crippen LogP contribution < -0.4 is 16.0 Å². The number of nitrogens with two attached hydrogens (primary N) is 1. The van der Waals surface area contributed by atoms with E-state index in [1.54, 1.807) is 19.1 Å². The summed E-state index contributed by atoms with van der Waals surface area (Å²) in [5.74, 6) is 0.385.